The highest BCUT2D eigenvalue weighted by atomic mass is 32.2. The Morgan fingerprint density at radius 2 is 1.93 bits per heavy atom. The van der Waals surface area contributed by atoms with Crippen LogP contribution in [0.25, 0.3) is 6.08 Å². The number of para-hydroxylation sites is 1. The van der Waals surface area contributed by atoms with E-state index in [1.807, 2.05) is 56.3 Å². The van der Waals surface area contributed by atoms with Gasteiger partial charge < -0.3 is 9.32 Å². The number of rotatable bonds is 4. The van der Waals surface area contributed by atoms with Crippen LogP contribution in [0.1, 0.15) is 37.5 Å². The van der Waals surface area contributed by atoms with Gasteiger partial charge in [0.05, 0.1) is 10.6 Å². The number of carbonyl (C=O) groups excluding carboxylic acids is 1. The summed E-state index contributed by atoms with van der Waals surface area (Å²) in [6, 6.07) is 11.9. The van der Waals surface area contributed by atoms with Crippen molar-refractivity contribution in [1.82, 2.24) is 4.90 Å². The molecule has 2 aliphatic heterocycles. The van der Waals surface area contributed by atoms with E-state index in [4.69, 9.17) is 9.41 Å². The second-order valence-corrected chi connectivity index (χ2v) is 8.07. The lowest BCUT2D eigenvalue weighted by Crippen LogP contribution is -2.28. The van der Waals surface area contributed by atoms with Crippen molar-refractivity contribution < 1.29 is 9.21 Å². The van der Waals surface area contributed by atoms with Crippen molar-refractivity contribution >= 4 is 40.5 Å². The summed E-state index contributed by atoms with van der Waals surface area (Å²) >= 11 is 1.41. The molecular formula is C22H25N3O2S. The summed E-state index contributed by atoms with van der Waals surface area (Å²) in [6.45, 7) is 6.65. The van der Waals surface area contributed by atoms with E-state index in [1.165, 1.54) is 31.0 Å². The highest BCUT2D eigenvalue weighted by molar-refractivity contribution is 8.18. The molecule has 4 rings (SSSR count). The summed E-state index contributed by atoms with van der Waals surface area (Å²) in [7, 11) is 0. The number of piperidine rings is 1. The number of nitrogens with zero attached hydrogens (tertiary/aromatic N) is 3. The number of aliphatic imine (C=N–C) groups is 1. The van der Waals surface area contributed by atoms with Crippen LogP contribution in [0.3, 0.4) is 0 Å². The SMILES string of the molecule is CCN1C(=O)/C(=C\c2ccc(N3CCCCC3)o2)SC1=Nc1ccccc1C. The molecule has 2 saturated heterocycles. The first kappa shape index (κ1) is 18.9. The van der Waals surface area contributed by atoms with Crippen molar-refractivity contribution in [2.24, 2.45) is 4.99 Å². The fourth-order valence-corrected chi connectivity index (χ4v) is 4.53. The third kappa shape index (κ3) is 3.87. The van der Waals surface area contributed by atoms with E-state index in [0.29, 0.717) is 17.2 Å². The first-order chi connectivity index (χ1) is 13.7. The second-order valence-electron chi connectivity index (χ2n) is 7.06. The molecule has 1 amide bonds. The molecule has 0 aliphatic carbocycles. The first-order valence-electron chi connectivity index (χ1n) is 9.86. The maximum atomic E-state index is 12.8. The molecule has 6 heteroatoms. The number of amides is 1. The molecule has 0 unspecified atom stereocenters. The molecule has 0 radical (unpaired) electrons. The zero-order valence-corrected chi connectivity index (χ0v) is 17.2. The Morgan fingerprint density at radius 3 is 2.68 bits per heavy atom. The number of amidine groups is 1. The van der Waals surface area contributed by atoms with Crippen LogP contribution in [-0.2, 0) is 4.79 Å². The van der Waals surface area contributed by atoms with Gasteiger partial charge in [-0.05, 0) is 62.6 Å². The van der Waals surface area contributed by atoms with Crippen LogP contribution in [0.15, 0.2) is 50.7 Å². The molecule has 1 aromatic carbocycles. The number of hydrogen-bond acceptors (Lipinski definition) is 5. The Hall–Kier alpha value is -2.47. The van der Waals surface area contributed by atoms with Crippen LogP contribution in [0.5, 0.6) is 0 Å². The lowest BCUT2D eigenvalue weighted by molar-refractivity contribution is -0.122. The third-order valence-corrected chi connectivity index (χ3v) is 6.10. The van der Waals surface area contributed by atoms with Gasteiger partial charge in [0.1, 0.15) is 5.76 Å². The zero-order chi connectivity index (χ0) is 19.5. The van der Waals surface area contributed by atoms with Gasteiger partial charge in [-0.15, -0.1) is 0 Å². The summed E-state index contributed by atoms with van der Waals surface area (Å²) in [5.41, 5.74) is 1.98. The topological polar surface area (TPSA) is 49.1 Å². The van der Waals surface area contributed by atoms with Gasteiger partial charge >= 0.3 is 0 Å². The van der Waals surface area contributed by atoms with E-state index in [2.05, 4.69) is 4.90 Å². The number of likely N-dealkylation sites (N-methyl/N-ethyl adjacent to an activating group) is 1. The molecular weight excluding hydrogens is 370 g/mol. The van der Waals surface area contributed by atoms with Gasteiger partial charge in [-0.2, -0.15) is 0 Å². The standard InChI is InChI=1S/C22H25N3O2S/c1-3-25-21(26)19(28-22(25)23-18-10-6-5-9-16(18)2)15-17-11-12-20(27-17)24-13-7-4-8-14-24/h5-6,9-12,15H,3-4,7-8,13-14H2,1-2H3/b19-15+,23-22?. The van der Waals surface area contributed by atoms with E-state index >= 15 is 0 Å². The predicted octanol–water partition coefficient (Wildman–Crippen LogP) is 5.20. The van der Waals surface area contributed by atoms with Crippen LogP contribution in [-0.4, -0.2) is 35.6 Å². The normalized spacial score (nSPS) is 20.6. The average Bonchev–Trinajstić information content (AvgIpc) is 3.29. The van der Waals surface area contributed by atoms with Crippen LogP contribution in [0, 0.1) is 6.92 Å². The number of furan rings is 1. The Bertz CT molecular complexity index is 925. The maximum absolute atomic E-state index is 12.8. The predicted molar refractivity (Wildman–Crippen MR) is 116 cm³/mol. The minimum Gasteiger partial charge on any atom is -0.441 e. The van der Waals surface area contributed by atoms with E-state index in [1.54, 1.807) is 4.90 Å². The van der Waals surface area contributed by atoms with E-state index < -0.39 is 0 Å². The summed E-state index contributed by atoms with van der Waals surface area (Å²) < 4.78 is 6.00. The van der Waals surface area contributed by atoms with Gasteiger partial charge in [0.2, 0.25) is 0 Å². The van der Waals surface area contributed by atoms with E-state index in [9.17, 15) is 4.79 Å². The Morgan fingerprint density at radius 1 is 1.14 bits per heavy atom. The summed E-state index contributed by atoms with van der Waals surface area (Å²) in [6.07, 6.45) is 5.53. The van der Waals surface area contributed by atoms with Crippen LogP contribution < -0.4 is 4.90 Å². The Kier molecular flexibility index (Phi) is 5.57. The average molecular weight is 396 g/mol. The fraction of sp³-hybridized carbons (Fsp3) is 0.364. The minimum absolute atomic E-state index is 0.0178. The van der Waals surface area contributed by atoms with Gasteiger partial charge in [0, 0.05) is 31.8 Å². The van der Waals surface area contributed by atoms with Gasteiger partial charge in [-0.3, -0.25) is 9.69 Å². The molecule has 0 atom stereocenters. The van der Waals surface area contributed by atoms with Crippen molar-refractivity contribution in [2.45, 2.75) is 33.1 Å². The van der Waals surface area contributed by atoms with Gasteiger partial charge in [0.15, 0.2) is 11.1 Å². The Balaban J connectivity index is 1.57. The number of hydrogen-bond donors (Lipinski definition) is 0. The molecule has 5 nitrogen and oxygen atoms in total. The van der Waals surface area contributed by atoms with Crippen molar-refractivity contribution in [3.05, 3.63) is 52.6 Å². The number of anilines is 1. The van der Waals surface area contributed by atoms with Gasteiger partial charge in [-0.1, -0.05) is 18.2 Å². The molecule has 1 aromatic heterocycles. The smallest absolute Gasteiger partial charge is 0.266 e. The number of thioether (sulfide) groups is 1. The second kappa shape index (κ2) is 8.27. The number of benzene rings is 1. The molecule has 0 spiro atoms. The molecule has 2 aliphatic rings. The van der Waals surface area contributed by atoms with Crippen molar-refractivity contribution in [2.75, 3.05) is 24.5 Å². The quantitative estimate of drug-likeness (QED) is 0.668. The van der Waals surface area contributed by atoms with Crippen LogP contribution >= 0.6 is 11.8 Å². The molecule has 0 bridgehead atoms. The molecule has 3 heterocycles. The highest BCUT2D eigenvalue weighted by Gasteiger charge is 2.32. The first-order valence-corrected chi connectivity index (χ1v) is 10.7. The van der Waals surface area contributed by atoms with Crippen molar-refractivity contribution in [3.8, 4) is 0 Å². The summed E-state index contributed by atoms with van der Waals surface area (Å²) in [5.74, 6) is 1.59. The third-order valence-electron chi connectivity index (χ3n) is 5.09. The maximum Gasteiger partial charge on any atom is 0.266 e. The molecule has 0 N–H and O–H groups in total. The zero-order valence-electron chi connectivity index (χ0n) is 16.4. The minimum atomic E-state index is -0.0178. The highest BCUT2D eigenvalue weighted by Crippen LogP contribution is 2.35. The molecule has 146 valence electrons. The molecule has 2 aromatic rings. The van der Waals surface area contributed by atoms with E-state index in [-0.39, 0.29) is 5.91 Å². The molecule has 2 fully saturated rings. The van der Waals surface area contributed by atoms with E-state index in [0.717, 1.165) is 35.4 Å². The van der Waals surface area contributed by atoms with Crippen molar-refractivity contribution in [3.63, 3.8) is 0 Å². The van der Waals surface area contributed by atoms with Gasteiger partial charge in [0.25, 0.3) is 5.91 Å². The van der Waals surface area contributed by atoms with Crippen LogP contribution in [0.2, 0.25) is 0 Å². The summed E-state index contributed by atoms with van der Waals surface area (Å²) in [4.78, 5) is 22.2. The molecule has 28 heavy (non-hydrogen) atoms. The monoisotopic (exact) mass is 395 g/mol. The van der Waals surface area contributed by atoms with Crippen molar-refractivity contribution in [1.29, 1.82) is 0 Å². The largest absolute Gasteiger partial charge is 0.441 e. The Labute approximate surface area is 170 Å². The van der Waals surface area contributed by atoms with Gasteiger partial charge in [-0.25, -0.2) is 4.99 Å². The number of aryl methyl sites for hydroxylation is 1. The lowest BCUT2D eigenvalue weighted by Gasteiger charge is -2.25. The van der Waals surface area contributed by atoms with Crippen LogP contribution in [0.4, 0.5) is 11.6 Å². The summed E-state index contributed by atoms with van der Waals surface area (Å²) in [5, 5.41) is 0.718. The lowest BCUT2D eigenvalue weighted by atomic mass is 10.1. The fourth-order valence-electron chi connectivity index (χ4n) is 3.50. The molecule has 0 saturated carbocycles. The number of carbonyl (C=O) groups is 1.